The van der Waals surface area contributed by atoms with Gasteiger partial charge >= 0.3 is 5.97 Å². The van der Waals surface area contributed by atoms with Crippen molar-refractivity contribution >= 4 is 29.6 Å². The van der Waals surface area contributed by atoms with Crippen molar-refractivity contribution in [2.45, 2.75) is 13.5 Å². The van der Waals surface area contributed by atoms with E-state index in [9.17, 15) is 9.59 Å². The van der Waals surface area contributed by atoms with E-state index in [-0.39, 0.29) is 18.4 Å². The Hall–Kier alpha value is -2.99. The second-order valence-electron chi connectivity index (χ2n) is 6.99. The van der Waals surface area contributed by atoms with E-state index >= 15 is 0 Å². The Balaban J connectivity index is 1.78. The Kier molecular flexibility index (Phi) is 7.36. The van der Waals surface area contributed by atoms with Crippen molar-refractivity contribution in [1.29, 1.82) is 0 Å². The summed E-state index contributed by atoms with van der Waals surface area (Å²) in [5, 5.41) is 0.430. The monoisotopic (exact) mass is 429 g/mol. The number of hydrogen-bond donors (Lipinski definition) is 0. The first kappa shape index (κ1) is 21.7. The maximum atomic E-state index is 12.9. The quantitative estimate of drug-likeness (QED) is 0.492. The van der Waals surface area contributed by atoms with E-state index in [4.69, 9.17) is 25.8 Å². The van der Waals surface area contributed by atoms with Gasteiger partial charge in [0, 0.05) is 19.2 Å². The minimum atomic E-state index is -0.445. The highest BCUT2D eigenvalue weighted by Crippen LogP contribution is 2.38. The lowest BCUT2D eigenvalue weighted by Gasteiger charge is -2.24. The summed E-state index contributed by atoms with van der Waals surface area (Å²) < 4.78 is 15.9. The van der Waals surface area contributed by atoms with Crippen LogP contribution in [0.25, 0.3) is 6.08 Å². The fourth-order valence-corrected chi connectivity index (χ4v) is 3.42. The number of carbonyl (C=O) groups is 2. The average molecular weight is 430 g/mol. The van der Waals surface area contributed by atoms with Crippen LogP contribution < -0.4 is 9.47 Å². The normalized spacial score (nSPS) is 13.7. The van der Waals surface area contributed by atoms with Gasteiger partial charge < -0.3 is 19.1 Å². The van der Waals surface area contributed by atoms with Crippen LogP contribution in [0.3, 0.4) is 0 Å². The molecule has 0 spiro atoms. The molecule has 30 heavy (non-hydrogen) atoms. The van der Waals surface area contributed by atoms with Gasteiger partial charge in [-0.1, -0.05) is 48.9 Å². The molecule has 0 saturated heterocycles. The summed E-state index contributed by atoms with van der Waals surface area (Å²) in [6.45, 7) is 3.26. The summed E-state index contributed by atoms with van der Waals surface area (Å²) in [5.74, 6) is 0.0502. The van der Waals surface area contributed by atoms with Crippen molar-refractivity contribution < 1.29 is 23.8 Å². The molecule has 1 aliphatic rings. The fraction of sp³-hybridized carbons (Fsp3) is 0.304. The summed E-state index contributed by atoms with van der Waals surface area (Å²) in [5.41, 5.74) is 1.69. The first-order chi connectivity index (χ1) is 14.5. The molecule has 0 aliphatic carbocycles. The van der Waals surface area contributed by atoms with E-state index in [2.05, 4.69) is 0 Å². The molecule has 3 rings (SSSR count). The van der Waals surface area contributed by atoms with Gasteiger partial charge in [0.1, 0.15) is 13.2 Å². The van der Waals surface area contributed by atoms with E-state index in [1.165, 1.54) is 13.2 Å². The molecule has 2 aromatic rings. The van der Waals surface area contributed by atoms with E-state index in [0.29, 0.717) is 36.3 Å². The summed E-state index contributed by atoms with van der Waals surface area (Å²) in [7, 11) is 1.34. The third kappa shape index (κ3) is 5.54. The highest BCUT2D eigenvalue weighted by atomic mass is 35.5. The van der Waals surface area contributed by atoms with Gasteiger partial charge in [0.25, 0.3) is 0 Å². The molecule has 2 aromatic carbocycles. The third-order valence-corrected chi connectivity index (χ3v) is 4.94. The molecule has 0 saturated carbocycles. The lowest BCUT2D eigenvalue weighted by molar-refractivity contribution is -0.146. The first-order valence-electron chi connectivity index (χ1n) is 9.66. The number of amides is 1. The maximum Gasteiger partial charge on any atom is 0.310 e. The average Bonchev–Trinajstić information content (AvgIpc) is 2.77. The minimum Gasteiger partial charge on any atom is -0.486 e. The standard InChI is InChI=1S/C23H24ClNO5/c1-16(23(27)28-2)14-25(15-17-6-4-3-5-7-17)21(26)9-8-18-12-19(24)22-20(13-18)29-10-11-30-22/h3-9,12-13,16H,10-11,14-15H2,1-2H3. The molecule has 0 radical (unpaired) electrons. The van der Waals surface area contributed by atoms with Gasteiger partial charge in [-0.3, -0.25) is 9.59 Å². The molecule has 1 aliphatic heterocycles. The number of esters is 1. The zero-order chi connectivity index (χ0) is 21.5. The van der Waals surface area contributed by atoms with Crippen LogP contribution in [0.4, 0.5) is 0 Å². The Morgan fingerprint density at radius 3 is 2.67 bits per heavy atom. The number of nitrogens with zero attached hydrogens (tertiary/aromatic N) is 1. The van der Waals surface area contributed by atoms with Crippen molar-refractivity contribution in [3.63, 3.8) is 0 Å². The summed E-state index contributed by atoms with van der Waals surface area (Å²) >= 11 is 6.27. The van der Waals surface area contributed by atoms with E-state index in [0.717, 1.165) is 11.1 Å². The number of benzene rings is 2. The number of rotatable bonds is 7. The predicted octanol–water partition coefficient (Wildman–Crippen LogP) is 3.96. The number of methoxy groups -OCH3 is 1. The van der Waals surface area contributed by atoms with Crippen molar-refractivity contribution in [2.24, 2.45) is 5.92 Å². The third-order valence-electron chi connectivity index (χ3n) is 4.66. The Labute approximate surface area is 181 Å². The van der Waals surface area contributed by atoms with Crippen LogP contribution in [0, 0.1) is 5.92 Å². The molecule has 0 aromatic heterocycles. The molecule has 1 heterocycles. The van der Waals surface area contributed by atoms with Crippen LogP contribution in [-0.2, 0) is 20.9 Å². The molecule has 6 nitrogen and oxygen atoms in total. The Bertz CT molecular complexity index is 929. The van der Waals surface area contributed by atoms with Gasteiger partial charge in [0.2, 0.25) is 5.91 Å². The van der Waals surface area contributed by atoms with Crippen molar-refractivity contribution in [2.75, 3.05) is 26.9 Å². The topological polar surface area (TPSA) is 65.1 Å². The molecule has 0 bridgehead atoms. The van der Waals surface area contributed by atoms with Crippen molar-refractivity contribution in [3.05, 3.63) is 64.7 Å². The second-order valence-corrected chi connectivity index (χ2v) is 7.40. The molecule has 0 fully saturated rings. The van der Waals surface area contributed by atoms with Crippen LogP contribution >= 0.6 is 11.6 Å². The van der Waals surface area contributed by atoms with Crippen LogP contribution in [0.1, 0.15) is 18.1 Å². The van der Waals surface area contributed by atoms with Gasteiger partial charge in [0.05, 0.1) is 18.1 Å². The second kappa shape index (κ2) is 10.2. The van der Waals surface area contributed by atoms with E-state index in [1.54, 1.807) is 30.0 Å². The van der Waals surface area contributed by atoms with Gasteiger partial charge in [-0.25, -0.2) is 0 Å². The zero-order valence-electron chi connectivity index (χ0n) is 17.0. The molecule has 1 unspecified atom stereocenters. The Morgan fingerprint density at radius 2 is 1.93 bits per heavy atom. The number of hydrogen-bond acceptors (Lipinski definition) is 5. The minimum absolute atomic E-state index is 0.222. The van der Waals surface area contributed by atoms with Crippen LogP contribution in [0.5, 0.6) is 11.5 Å². The lowest BCUT2D eigenvalue weighted by atomic mass is 10.1. The van der Waals surface area contributed by atoms with Gasteiger partial charge in [-0.2, -0.15) is 0 Å². The summed E-state index contributed by atoms with van der Waals surface area (Å²) in [6.07, 6.45) is 3.14. The molecular weight excluding hydrogens is 406 g/mol. The zero-order valence-corrected chi connectivity index (χ0v) is 17.7. The largest absolute Gasteiger partial charge is 0.486 e. The molecular formula is C23H24ClNO5. The maximum absolute atomic E-state index is 12.9. The van der Waals surface area contributed by atoms with Gasteiger partial charge in [-0.05, 0) is 29.3 Å². The Morgan fingerprint density at radius 1 is 1.20 bits per heavy atom. The molecule has 1 atom stereocenters. The van der Waals surface area contributed by atoms with E-state index in [1.807, 2.05) is 30.3 Å². The summed E-state index contributed by atoms with van der Waals surface area (Å²) in [4.78, 5) is 26.4. The lowest BCUT2D eigenvalue weighted by Crippen LogP contribution is -2.35. The van der Waals surface area contributed by atoms with Gasteiger partial charge in [0.15, 0.2) is 11.5 Å². The van der Waals surface area contributed by atoms with Crippen LogP contribution in [0.15, 0.2) is 48.5 Å². The van der Waals surface area contributed by atoms with Crippen LogP contribution in [0.2, 0.25) is 5.02 Å². The highest BCUT2D eigenvalue weighted by Gasteiger charge is 2.21. The van der Waals surface area contributed by atoms with E-state index < -0.39 is 5.92 Å². The number of halogens is 1. The first-order valence-corrected chi connectivity index (χ1v) is 10.0. The molecule has 0 N–H and O–H groups in total. The van der Waals surface area contributed by atoms with Gasteiger partial charge in [-0.15, -0.1) is 0 Å². The number of fused-ring (bicyclic) bond motifs is 1. The van der Waals surface area contributed by atoms with Crippen LogP contribution in [-0.4, -0.2) is 43.6 Å². The van der Waals surface area contributed by atoms with Crippen molar-refractivity contribution in [3.8, 4) is 11.5 Å². The SMILES string of the molecule is COC(=O)C(C)CN(Cc1ccccc1)C(=O)C=Cc1cc(Cl)c2c(c1)OCCO2. The molecule has 7 heteroatoms. The number of carbonyl (C=O) groups excluding carboxylic acids is 2. The van der Waals surface area contributed by atoms with Crippen molar-refractivity contribution in [1.82, 2.24) is 4.90 Å². The smallest absolute Gasteiger partial charge is 0.310 e. The fourth-order valence-electron chi connectivity index (χ4n) is 3.14. The number of ether oxygens (including phenoxy) is 3. The summed E-state index contributed by atoms with van der Waals surface area (Å²) in [6, 6.07) is 13.1. The molecule has 158 valence electrons. The molecule has 1 amide bonds. The highest BCUT2D eigenvalue weighted by molar-refractivity contribution is 6.32. The predicted molar refractivity (Wildman–Crippen MR) is 115 cm³/mol.